The summed E-state index contributed by atoms with van der Waals surface area (Å²) in [5.74, 6) is 1.82. The number of hydrogen-bond acceptors (Lipinski definition) is 5. The molecule has 0 unspecified atom stereocenters. The molecular weight excluding hydrogens is 232 g/mol. The van der Waals surface area contributed by atoms with E-state index in [0.29, 0.717) is 0 Å². The average Bonchev–Trinajstić information content (AvgIpc) is 2.31. The minimum absolute atomic E-state index is 0.204. The summed E-state index contributed by atoms with van der Waals surface area (Å²) >= 11 is 1.85. The van der Waals surface area contributed by atoms with Crippen molar-refractivity contribution in [3.05, 3.63) is 11.9 Å². The van der Waals surface area contributed by atoms with E-state index in [9.17, 15) is 0 Å². The Morgan fingerprint density at radius 3 is 2.35 bits per heavy atom. The Bertz CT molecular complexity index is 366. The molecule has 0 radical (unpaired) electrons. The highest BCUT2D eigenvalue weighted by molar-refractivity contribution is 7.99. The van der Waals surface area contributed by atoms with Crippen LogP contribution in [0, 0.1) is 6.92 Å². The zero-order valence-corrected chi connectivity index (χ0v) is 12.1. The summed E-state index contributed by atoms with van der Waals surface area (Å²) in [6, 6.07) is 0. The molecule has 0 aliphatic heterocycles. The van der Waals surface area contributed by atoms with Gasteiger partial charge in [-0.15, -0.1) is 0 Å². The summed E-state index contributed by atoms with van der Waals surface area (Å²) in [4.78, 5) is 8.51. The van der Waals surface area contributed by atoms with E-state index < -0.39 is 0 Å². The second kappa shape index (κ2) is 6.10. The highest BCUT2D eigenvalue weighted by Gasteiger charge is 2.16. The fourth-order valence-electron chi connectivity index (χ4n) is 1.34. The van der Waals surface area contributed by atoms with Gasteiger partial charge in [-0.05, 0) is 34.0 Å². The van der Waals surface area contributed by atoms with E-state index in [1.165, 1.54) is 0 Å². The highest BCUT2D eigenvalue weighted by Crippen LogP contribution is 2.23. The number of anilines is 2. The van der Waals surface area contributed by atoms with E-state index in [4.69, 9.17) is 0 Å². The van der Waals surface area contributed by atoms with Gasteiger partial charge in [-0.25, -0.2) is 9.97 Å². The molecule has 0 bridgehead atoms. The predicted octanol–water partition coefficient (Wildman–Crippen LogP) is 2.77. The van der Waals surface area contributed by atoms with Gasteiger partial charge in [-0.3, -0.25) is 0 Å². The number of aromatic nitrogens is 2. The topological polar surface area (TPSA) is 49.8 Å². The van der Waals surface area contributed by atoms with Gasteiger partial charge in [-0.2, -0.15) is 11.8 Å². The molecule has 0 aliphatic rings. The molecule has 5 heteroatoms. The van der Waals surface area contributed by atoms with Gasteiger partial charge in [0.05, 0.1) is 0 Å². The van der Waals surface area contributed by atoms with Crippen LogP contribution in [0.25, 0.3) is 0 Å². The summed E-state index contributed by atoms with van der Waals surface area (Å²) < 4.78 is 0.204. The largest absolute Gasteiger partial charge is 0.370 e. The van der Waals surface area contributed by atoms with E-state index in [1.54, 1.807) is 6.33 Å². The van der Waals surface area contributed by atoms with Crippen molar-refractivity contribution in [1.29, 1.82) is 0 Å². The molecule has 0 saturated heterocycles. The Morgan fingerprint density at radius 2 is 1.82 bits per heavy atom. The smallest absolute Gasteiger partial charge is 0.134 e. The highest BCUT2D eigenvalue weighted by atomic mass is 32.2. The van der Waals surface area contributed by atoms with Gasteiger partial charge in [0.25, 0.3) is 0 Å². The van der Waals surface area contributed by atoms with Crippen molar-refractivity contribution in [3.8, 4) is 0 Å². The minimum Gasteiger partial charge on any atom is -0.370 e. The van der Waals surface area contributed by atoms with Crippen LogP contribution in [0.4, 0.5) is 11.6 Å². The van der Waals surface area contributed by atoms with Gasteiger partial charge < -0.3 is 10.6 Å². The fraction of sp³-hybridized carbons (Fsp3) is 0.667. The third-order valence-electron chi connectivity index (χ3n) is 2.66. The molecule has 0 fully saturated rings. The summed E-state index contributed by atoms with van der Waals surface area (Å²) in [7, 11) is 0. The Morgan fingerprint density at radius 1 is 1.24 bits per heavy atom. The fourth-order valence-corrected chi connectivity index (χ4v) is 1.56. The van der Waals surface area contributed by atoms with Gasteiger partial charge in [-0.1, -0.05) is 0 Å². The molecular formula is C12H22N4S. The Balaban J connectivity index is 2.75. The van der Waals surface area contributed by atoms with Gasteiger partial charge in [0.2, 0.25) is 0 Å². The lowest BCUT2D eigenvalue weighted by molar-refractivity contribution is 0.749. The normalized spacial score (nSPS) is 11.4. The van der Waals surface area contributed by atoms with E-state index >= 15 is 0 Å². The summed E-state index contributed by atoms with van der Waals surface area (Å²) in [5.41, 5.74) is 1.08. The van der Waals surface area contributed by atoms with Crippen molar-refractivity contribution < 1.29 is 0 Å². The summed E-state index contributed by atoms with van der Waals surface area (Å²) in [5, 5.41) is 6.62. The van der Waals surface area contributed by atoms with Crippen molar-refractivity contribution in [2.24, 2.45) is 0 Å². The first-order chi connectivity index (χ1) is 8.00. The third-order valence-corrected chi connectivity index (χ3v) is 3.91. The first-order valence-corrected chi connectivity index (χ1v) is 7.07. The van der Waals surface area contributed by atoms with E-state index in [2.05, 4.69) is 47.6 Å². The number of hydrogen-bond donors (Lipinski definition) is 2. The molecule has 1 heterocycles. The molecule has 96 valence electrons. The lowest BCUT2D eigenvalue weighted by Crippen LogP contribution is -2.26. The second-order valence-electron chi connectivity index (χ2n) is 4.54. The van der Waals surface area contributed by atoms with Gasteiger partial charge in [0.15, 0.2) is 0 Å². The van der Waals surface area contributed by atoms with Crippen LogP contribution in [0.2, 0.25) is 0 Å². The van der Waals surface area contributed by atoms with Crippen LogP contribution in [0.5, 0.6) is 0 Å². The molecule has 17 heavy (non-hydrogen) atoms. The number of nitrogens with zero attached hydrogens (tertiary/aromatic N) is 2. The van der Waals surface area contributed by atoms with Crippen molar-refractivity contribution in [2.45, 2.75) is 32.4 Å². The molecule has 1 rings (SSSR count). The maximum absolute atomic E-state index is 4.29. The van der Waals surface area contributed by atoms with E-state index in [-0.39, 0.29) is 4.75 Å². The number of thioether (sulfide) groups is 1. The van der Waals surface area contributed by atoms with Crippen LogP contribution in [0.15, 0.2) is 6.33 Å². The van der Waals surface area contributed by atoms with Crippen molar-refractivity contribution >= 4 is 23.4 Å². The van der Waals surface area contributed by atoms with Crippen LogP contribution >= 0.6 is 11.8 Å². The Kier molecular flexibility index (Phi) is 5.05. The molecule has 0 aliphatic carbocycles. The van der Waals surface area contributed by atoms with Crippen LogP contribution < -0.4 is 10.6 Å². The van der Waals surface area contributed by atoms with Crippen molar-refractivity contribution in [3.63, 3.8) is 0 Å². The van der Waals surface area contributed by atoms with E-state index in [0.717, 1.165) is 30.3 Å². The quantitative estimate of drug-likeness (QED) is 0.817. The minimum atomic E-state index is 0.204. The van der Waals surface area contributed by atoms with Crippen molar-refractivity contribution in [1.82, 2.24) is 9.97 Å². The third kappa shape index (κ3) is 4.07. The lowest BCUT2D eigenvalue weighted by atomic mass is 10.2. The van der Waals surface area contributed by atoms with Gasteiger partial charge in [0, 0.05) is 23.4 Å². The van der Waals surface area contributed by atoms with Crippen LogP contribution in [0.1, 0.15) is 26.3 Å². The monoisotopic (exact) mass is 254 g/mol. The number of rotatable bonds is 6. The average molecular weight is 254 g/mol. The zero-order valence-electron chi connectivity index (χ0n) is 11.3. The van der Waals surface area contributed by atoms with Gasteiger partial charge in [0.1, 0.15) is 18.0 Å². The summed E-state index contributed by atoms with van der Waals surface area (Å²) in [6.45, 7) is 10.3. The van der Waals surface area contributed by atoms with E-state index in [1.807, 2.05) is 18.7 Å². The lowest BCUT2D eigenvalue weighted by Gasteiger charge is -2.23. The first kappa shape index (κ1) is 14.1. The van der Waals surface area contributed by atoms with Crippen molar-refractivity contribution in [2.75, 3.05) is 30.0 Å². The van der Waals surface area contributed by atoms with Gasteiger partial charge >= 0.3 is 0 Å². The second-order valence-corrected chi connectivity index (χ2v) is 6.06. The molecule has 2 N–H and O–H groups in total. The molecule has 0 saturated carbocycles. The molecule has 1 aromatic heterocycles. The standard InChI is InChI=1S/C12H22N4S/c1-6-13-10-9(2)11(16-8-15-10)14-7-12(3,4)17-5/h8H,6-7H2,1-5H3,(H2,13,14,15,16). The maximum Gasteiger partial charge on any atom is 0.134 e. The maximum atomic E-state index is 4.29. The summed E-state index contributed by atoms with van der Waals surface area (Å²) in [6.07, 6.45) is 3.72. The van der Waals surface area contributed by atoms with Crippen LogP contribution in [-0.2, 0) is 0 Å². The zero-order chi connectivity index (χ0) is 12.9. The molecule has 0 atom stereocenters. The molecule has 0 amide bonds. The first-order valence-electron chi connectivity index (χ1n) is 5.84. The molecule has 0 aromatic carbocycles. The van der Waals surface area contributed by atoms with Crippen LogP contribution in [-0.4, -0.2) is 34.1 Å². The Hall–Kier alpha value is -0.970. The molecule has 4 nitrogen and oxygen atoms in total. The SMILES string of the molecule is CCNc1ncnc(NCC(C)(C)SC)c1C. The predicted molar refractivity (Wildman–Crippen MR) is 77.0 cm³/mol. The van der Waals surface area contributed by atoms with Crippen LogP contribution in [0.3, 0.4) is 0 Å². The molecule has 0 spiro atoms. The number of nitrogens with one attached hydrogen (secondary N) is 2. The Labute approximate surface area is 108 Å². The molecule has 1 aromatic rings.